The van der Waals surface area contributed by atoms with Crippen LogP contribution >= 0.6 is 0 Å². The third kappa shape index (κ3) is 5.98. The van der Waals surface area contributed by atoms with Crippen LogP contribution in [0.5, 0.6) is 0 Å². The first-order chi connectivity index (χ1) is 15.5. The van der Waals surface area contributed by atoms with E-state index in [2.05, 4.69) is 5.32 Å². The molecule has 0 aromatic heterocycles. The van der Waals surface area contributed by atoms with Crippen molar-refractivity contribution in [1.82, 2.24) is 9.03 Å². The van der Waals surface area contributed by atoms with E-state index < -0.39 is 31.9 Å². The maximum Gasteiger partial charge on any atom is 0.264 e. The predicted molar refractivity (Wildman–Crippen MR) is 124 cm³/mol. The van der Waals surface area contributed by atoms with E-state index in [4.69, 9.17) is 0 Å². The molecule has 2 aromatic rings. The fourth-order valence-corrected chi connectivity index (χ4v) is 6.23. The Morgan fingerprint density at radius 1 is 0.909 bits per heavy atom. The molecule has 0 unspecified atom stereocenters. The summed E-state index contributed by atoms with van der Waals surface area (Å²) in [6, 6.07) is 11.0. The fourth-order valence-electron chi connectivity index (χ4n) is 3.77. The van der Waals surface area contributed by atoms with Gasteiger partial charge in [-0.05, 0) is 55.3 Å². The Morgan fingerprint density at radius 2 is 1.55 bits per heavy atom. The molecule has 178 valence electrons. The Hall–Kier alpha value is -2.76. The van der Waals surface area contributed by atoms with Gasteiger partial charge in [0, 0.05) is 31.3 Å². The van der Waals surface area contributed by atoms with E-state index in [0.717, 1.165) is 39.0 Å². The second kappa shape index (κ2) is 10.0. The van der Waals surface area contributed by atoms with Crippen molar-refractivity contribution in [3.63, 3.8) is 0 Å². The van der Waals surface area contributed by atoms with Crippen molar-refractivity contribution < 1.29 is 26.4 Å². The zero-order chi connectivity index (χ0) is 24.2. The minimum atomic E-state index is -3.98. The highest BCUT2D eigenvalue weighted by molar-refractivity contribution is 7.90. The first-order valence-corrected chi connectivity index (χ1v) is 13.5. The van der Waals surface area contributed by atoms with Gasteiger partial charge in [-0.1, -0.05) is 25.3 Å². The van der Waals surface area contributed by atoms with Crippen molar-refractivity contribution in [2.24, 2.45) is 0 Å². The van der Waals surface area contributed by atoms with E-state index in [-0.39, 0.29) is 21.4 Å². The summed E-state index contributed by atoms with van der Waals surface area (Å²) in [5, 5.41) is 2.62. The van der Waals surface area contributed by atoms with Gasteiger partial charge in [0.15, 0.2) is 0 Å². The van der Waals surface area contributed by atoms with Crippen LogP contribution in [-0.4, -0.2) is 46.0 Å². The first kappa shape index (κ1) is 24.9. The summed E-state index contributed by atoms with van der Waals surface area (Å²) in [5.41, 5.74) is 0.470. The van der Waals surface area contributed by atoms with E-state index in [1.165, 1.54) is 52.8 Å². The summed E-state index contributed by atoms with van der Waals surface area (Å²) in [4.78, 5) is 23.6. The van der Waals surface area contributed by atoms with Crippen molar-refractivity contribution in [2.45, 2.75) is 54.9 Å². The van der Waals surface area contributed by atoms with Crippen LogP contribution < -0.4 is 10.0 Å². The molecule has 11 heteroatoms. The third-order valence-electron chi connectivity index (χ3n) is 5.56. The molecule has 9 nitrogen and oxygen atoms in total. The van der Waals surface area contributed by atoms with Gasteiger partial charge in [-0.3, -0.25) is 9.59 Å². The van der Waals surface area contributed by atoms with Gasteiger partial charge in [-0.15, -0.1) is 0 Å². The highest BCUT2D eigenvalue weighted by atomic mass is 32.2. The topological polar surface area (TPSA) is 130 Å². The van der Waals surface area contributed by atoms with Gasteiger partial charge < -0.3 is 5.32 Å². The standard InChI is InChI=1S/C22H27N3O6S2/c1-16(26)24-32(28,29)20-13-11-18(12-14-20)23-22(27)17-7-6-10-21(15-17)33(30,31)25(2)19-8-4-3-5-9-19/h6-7,10-15,19H,3-5,8-9H2,1-2H3,(H,23,27)(H,24,26). The fraction of sp³-hybridized carbons (Fsp3) is 0.364. The number of anilines is 1. The molecule has 0 spiro atoms. The Kier molecular flexibility index (Phi) is 7.55. The molecule has 33 heavy (non-hydrogen) atoms. The van der Waals surface area contributed by atoms with E-state index in [1.54, 1.807) is 7.05 Å². The summed E-state index contributed by atoms with van der Waals surface area (Å²) >= 11 is 0. The van der Waals surface area contributed by atoms with Gasteiger partial charge in [0.1, 0.15) is 0 Å². The second-order valence-corrected chi connectivity index (χ2v) is 11.7. The lowest BCUT2D eigenvalue weighted by atomic mass is 9.96. The van der Waals surface area contributed by atoms with Gasteiger partial charge in [-0.25, -0.2) is 21.6 Å². The van der Waals surface area contributed by atoms with Crippen LogP contribution in [0.2, 0.25) is 0 Å². The lowest BCUT2D eigenvalue weighted by Crippen LogP contribution is -2.38. The first-order valence-electron chi connectivity index (χ1n) is 10.5. The number of carbonyl (C=O) groups is 2. The maximum absolute atomic E-state index is 13.1. The molecule has 0 radical (unpaired) electrons. The van der Waals surface area contributed by atoms with Crippen molar-refractivity contribution in [2.75, 3.05) is 12.4 Å². The largest absolute Gasteiger partial charge is 0.322 e. The molecule has 0 saturated heterocycles. The molecular formula is C22H27N3O6S2. The normalized spacial score (nSPS) is 15.2. The molecule has 0 aliphatic heterocycles. The zero-order valence-electron chi connectivity index (χ0n) is 18.4. The molecule has 3 rings (SSSR count). The van der Waals surface area contributed by atoms with E-state index in [9.17, 15) is 26.4 Å². The minimum Gasteiger partial charge on any atom is -0.322 e. The lowest BCUT2D eigenvalue weighted by molar-refractivity contribution is -0.117. The van der Waals surface area contributed by atoms with Gasteiger partial charge >= 0.3 is 0 Å². The molecular weight excluding hydrogens is 466 g/mol. The van der Waals surface area contributed by atoms with E-state index in [1.807, 2.05) is 4.72 Å². The van der Waals surface area contributed by atoms with Gasteiger partial charge in [0.2, 0.25) is 15.9 Å². The average molecular weight is 494 g/mol. The van der Waals surface area contributed by atoms with Crippen LogP contribution in [0.1, 0.15) is 49.4 Å². The summed E-state index contributed by atoms with van der Waals surface area (Å²) < 4.78 is 53.5. The van der Waals surface area contributed by atoms with Crippen molar-refractivity contribution in [3.05, 3.63) is 54.1 Å². The molecule has 1 aliphatic carbocycles. The Morgan fingerprint density at radius 3 is 2.15 bits per heavy atom. The monoisotopic (exact) mass is 493 g/mol. The van der Waals surface area contributed by atoms with E-state index in [0.29, 0.717) is 5.69 Å². The number of sulfonamides is 2. The summed E-state index contributed by atoms with van der Waals surface area (Å²) in [7, 11) is -6.15. The van der Waals surface area contributed by atoms with Crippen molar-refractivity contribution >= 4 is 37.5 Å². The molecule has 1 fully saturated rings. The van der Waals surface area contributed by atoms with Crippen LogP contribution in [0.25, 0.3) is 0 Å². The SMILES string of the molecule is CC(=O)NS(=O)(=O)c1ccc(NC(=O)c2cccc(S(=O)(=O)N(C)C3CCCCC3)c2)cc1. The van der Waals surface area contributed by atoms with Gasteiger partial charge in [0.05, 0.1) is 9.79 Å². The number of hydrogen-bond acceptors (Lipinski definition) is 6. The smallest absolute Gasteiger partial charge is 0.264 e. The van der Waals surface area contributed by atoms with Crippen LogP contribution in [0.15, 0.2) is 58.3 Å². The quantitative estimate of drug-likeness (QED) is 0.610. The molecule has 2 aromatic carbocycles. The van der Waals surface area contributed by atoms with Gasteiger partial charge in [0.25, 0.3) is 15.9 Å². The van der Waals surface area contributed by atoms with Gasteiger partial charge in [-0.2, -0.15) is 4.31 Å². The Bertz CT molecular complexity index is 1240. The molecule has 0 atom stereocenters. The Labute approximate surface area is 194 Å². The molecule has 0 bridgehead atoms. The number of hydrogen-bond donors (Lipinski definition) is 2. The maximum atomic E-state index is 13.1. The summed E-state index contributed by atoms with van der Waals surface area (Å²) in [5.74, 6) is -1.25. The molecule has 2 N–H and O–H groups in total. The molecule has 0 heterocycles. The number of carbonyl (C=O) groups excluding carboxylic acids is 2. The van der Waals surface area contributed by atoms with Crippen LogP contribution in [0.4, 0.5) is 5.69 Å². The summed E-state index contributed by atoms with van der Waals surface area (Å²) in [6.07, 6.45) is 4.75. The van der Waals surface area contributed by atoms with Crippen LogP contribution in [-0.2, 0) is 24.8 Å². The van der Waals surface area contributed by atoms with Crippen LogP contribution in [0.3, 0.4) is 0 Å². The Balaban J connectivity index is 1.75. The van der Waals surface area contributed by atoms with E-state index >= 15 is 0 Å². The van der Waals surface area contributed by atoms with Crippen LogP contribution in [0, 0.1) is 0 Å². The number of nitrogens with zero attached hydrogens (tertiary/aromatic N) is 1. The third-order valence-corrected chi connectivity index (χ3v) is 8.92. The number of rotatable bonds is 7. The van der Waals surface area contributed by atoms with Crippen molar-refractivity contribution in [3.8, 4) is 0 Å². The van der Waals surface area contributed by atoms with Crippen molar-refractivity contribution in [1.29, 1.82) is 0 Å². The minimum absolute atomic E-state index is 0.0416. The second-order valence-electron chi connectivity index (χ2n) is 7.98. The predicted octanol–water partition coefficient (Wildman–Crippen LogP) is 2.72. The number of benzene rings is 2. The summed E-state index contributed by atoms with van der Waals surface area (Å²) in [6.45, 7) is 1.09. The average Bonchev–Trinajstić information content (AvgIpc) is 2.78. The highest BCUT2D eigenvalue weighted by Gasteiger charge is 2.29. The number of amides is 2. The molecule has 2 amide bonds. The number of nitrogens with one attached hydrogen (secondary N) is 2. The highest BCUT2D eigenvalue weighted by Crippen LogP contribution is 2.27. The molecule has 1 saturated carbocycles. The lowest BCUT2D eigenvalue weighted by Gasteiger charge is -2.30. The zero-order valence-corrected chi connectivity index (χ0v) is 20.1. The molecule has 1 aliphatic rings.